The molecule has 0 saturated carbocycles. The fraction of sp³-hybridized carbons (Fsp3) is 0.500. The average molecular weight is 368 g/mol. The number of aromatic nitrogens is 4. The van der Waals surface area contributed by atoms with Crippen LogP contribution in [-0.2, 0) is 27.2 Å². The Labute approximate surface area is 139 Å². The molecule has 0 unspecified atom stereocenters. The number of aryl methyl sites for hydroxylation is 2. The quantitative estimate of drug-likeness (QED) is 0.642. The van der Waals surface area contributed by atoms with Crippen molar-refractivity contribution in [3.63, 3.8) is 0 Å². The van der Waals surface area contributed by atoms with Gasteiger partial charge in [0.1, 0.15) is 18.7 Å². The summed E-state index contributed by atoms with van der Waals surface area (Å²) in [4.78, 5) is 10.9. The molecule has 0 aliphatic heterocycles. The SMILES string of the molecule is CCNC(=NCc1ncnn1C)N(C)Cc1cc(Br)cn1C. The van der Waals surface area contributed by atoms with E-state index in [1.54, 1.807) is 11.0 Å². The summed E-state index contributed by atoms with van der Waals surface area (Å²) in [5.41, 5.74) is 1.21. The highest BCUT2D eigenvalue weighted by Gasteiger charge is 2.10. The first-order chi connectivity index (χ1) is 10.5. The van der Waals surface area contributed by atoms with Crippen molar-refractivity contribution in [1.82, 2.24) is 29.5 Å². The number of nitrogens with one attached hydrogen (secondary N) is 1. The molecule has 2 rings (SSSR count). The molecule has 22 heavy (non-hydrogen) atoms. The molecule has 0 fully saturated rings. The third kappa shape index (κ3) is 4.09. The van der Waals surface area contributed by atoms with Crippen molar-refractivity contribution in [2.24, 2.45) is 19.1 Å². The van der Waals surface area contributed by atoms with E-state index in [0.29, 0.717) is 6.54 Å². The molecule has 7 nitrogen and oxygen atoms in total. The van der Waals surface area contributed by atoms with E-state index in [0.717, 1.165) is 29.3 Å². The number of rotatable bonds is 5. The number of hydrogen-bond acceptors (Lipinski definition) is 3. The molecule has 2 aromatic rings. The van der Waals surface area contributed by atoms with E-state index >= 15 is 0 Å². The summed E-state index contributed by atoms with van der Waals surface area (Å²) in [6, 6.07) is 2.11. The maximum Gasteiger partial charge on any atom is 0.194 e. The molecule has 8 heteroatoms. The first-order valence-corrected chi connectivity index (χ1v) is 7.93. The van der Waals surface area contributed by atoms with E-state index in [1.807, 2.05) is 27.3 Å². The summed E-state index contributed by atoms with van der Waals surface area (Å²) in [6.07, 6.45) is 3.59. The van der Waals surface area contributed by atoms with E-state index in [1.165, 1.54) is 5.69 Å². The van der Waals surface area contributed by atoms with Crippen molar-refractivity contribution in [3.8, 4) is 0 Å². The van der Waals surface area contributed by atoms with Gasteiger partial charge in [-0.15, -0.1) is 0 Å². The predicted octanol–water partition coefficient (Wildman–Crippen LogP) is 1.51. The van der Waals surface area contributed by atoms with Gasteiger partial charge in [-0.25, -0.2) is 9.98 Å². The first-order valence-electron chi connectivity index (χ1n) is 7.14. The van der Waals surface area contributed by atoms with Crippen LogP contribution in [0.15, 0.2) is 28.1 Å². The summed E-state index contributed by atoms with van der Waals surface area (Å²) < 4.78 is 4.92. The topological polar surface area (TPSA) is 63.3 Å². The van der Waals surface area contributed by atoms with Crippen molar-refractivity contribution in [2.45, 2.75) is 20.0 Å². The largest absolute Gasteiger partial charge is 0.357 e. The smallest absolute Gasteiger partial charge is 0.194 e. The summed E-state index contributed by atoms with van der Waals surface area (Å²) in [5, 5.41) is 7.37. The van der Waals surface area contributed by atoms with Crippen LogP contribution in [0.5, 0.6) is 0 Å². The Balaban J connectivity index is 2.09. The molecular formula is C14H22BrN7. The van der Waals surface area contributed by atoms with Gasteiger partial charge in [-0.2, -0.15) is 5.10 Å². The van der Waals surface area contributed by atoms with Gasteiger partial charge in [0.25, 0.3) is 0 Å². The minimum absolute atomic E-state index is 0.500. The first kappa shape index (κ1) is 16.5. The van der Waals surface area contributed by atoms with Gasteiger partial charge in [0.2, 0.25) is 0 Å². The fourth-order valence-corrected chi connectivity index (χ4v) is 2.69. The average Bonchev–Trinajstić information content (AvgIpc) is 3.00. The fourth-order valence-electron chi connectivity index (χ4n) is 2.12. The standard InChI is InChI=1S/C14H22BrN7/c1-5-16-14(17-7-13-18-10-19-22(13)4)21(3)9-12-6-11(15)8-20(12)2/h6,8,10H,5,7,9H2,1-4H3,(H,16,17). The van der Waals surface area contributed by atoms with E-state index in [4.69, 9.17) is 0 Å². The maximum absolute atomic E-state index is 4.64. The van der Waals surface area contributed by atoms with E-state index < -0.39 is 0 Å². The van der Waals surface area contributed by atoms with E-state index in [9.17, 15) is 0 Å². The molecule has 2 aromatic heterocycles. The zero-order chi connectivity index (χ0) is 16.1. The number of guanidine groups is 1. The lowest BCUT2D eigenvalue weighted by Crippen LogP contribution is -2.38. The lowest BCUT2D eigenvalue weighted by atomic mass is 10.4. The Hall–Kier alpha value is -1.83. The van der Waals surface area contributed by atoms with Crippen LogP contribution >= 0.6 is 15.9 Å². The van der Waals surface area contributed by atoms with Crippen molar-refractivity contribution < 1.29 is 0 Å². The van der Waals surface area contributed by atoms with Crippen LogP contribution < -0.4 is 5.32 Å². The Bertz CT molecular complexity index is 643. The van der Waals surface area contributed by atoms with E-state index in [2.05, 4.69) is 58.8 Å². The molecule has 0 aromatic carbocycles. The summed E-state index contributed by atoms with van der Waals surface area (Å²) in [6.45, 7) is 4.15. The number of aliphatic imine (C=N–C) groups is 1. The van der Waals surface area contributed by atoms with Crippen LogP contribution in [0.25, 0.3) is 0 Å². The molecular weight excluding hydrogens is 346 g/mol. The summed E-state index contributed by atoms with van der Waals surface area (Å²) >= 11 is 3.50. The van der Waals surface area contributed by atoms with Crippen molar-refractivity contribution in [3.05, 3.63) is 34.6 Å². The monoisotopic (exact) mass is 367 g/mol. The summed E-state index contributed by atoms with van der Waals surface area (Å²) in [5.74, 6) is 1.69. The predicted molar refractivity (Wildman–Crippen MR) is 90.4 cm³/mol. The molecule has 0 amide bonds. The zero-order valence-corrected chi connectivity index (χ0v) is 15.0. The van der Waals surface area contributed by atoms with Crippen molar-refractivity contribution in [1.29, 1.82) is 0 Å². The highest BCUT2D eigenvalue weighted by Crippen LogP contribution is 2.15. The minimum atomic E-state index is 0.500. The minimum Gasteiger partial charge on any atom is -0.357 e. The third-order valence-electron chi connectivity index (χ3n) is 3.35. The molecule has 1 N–H and O–H groups in total. The van der Waals surface area contributed by atoms with Gasteiger partial charge in [-0.3, -0.25) is 4.68 Å². The van der Waals surface area contributed by atoms with Crippen LogP contribution in [0.2, 0.25) is 0 Å². The number of nitrogens with zero attached hydrogens (tertiary/aromatic N) is 6. The molecule has 0 spiro atoms. The van der Waals surface area contributed by atoms with Gasteiger partial charge < -0.3 is 14.8 Å². The molecule has 2 heterocycles. The van der Waals surface area contributed by atoms with Gasteiger partial charge in [-0.1, -0.05) is 0 Å². The van der Waals surface area contributed by atoms with Crippen LogP contribution in [0.1, 0.15) is 18.4 Å². The molecule has 0 aliphatic rings. The second kappa shape index (κ2) is 7.44. The van der Waals surface area contributed by atoms with Crippen LogP contribution in [0, 0.1) is 0 Å². The van der Waals surface area contributed by atoms with Crippen molar-refractivity contribution in [2.75, 3.05) is 13.6 Å². The van der Waals surface area contributed by atoms with Gasteiger partial charge in [0.15, 0.2) is 5.96 Å². The zero-order valence-electron chi connectivity index (χ0n) is 13.4. The Kier molecular flexibility index (Phi) is 5.59. The lowest BCUT2D eigenvalue weighted by Gasteiger charge is -2.22. The van der Waals surface area contributed by atoms with Crippen molar-refractivity contribution >= 4 is 21.9 Å². The second-order valence-corrected chi connectivity index (χ2v) is 6.00. The highest BCUT2D eigenvalue weighted by atomic mass is 79.9. The van der Waals surface area contributed by atoms with Crippen LogP contribution in [-0.4, -0.2) is 43.8 Å². The Morgan fingerprint density at radius 2 is 2.23 bits per heavy atom. The van der Waals surface area contributed by atoms with Gasteiger partial charge in [0.05, 0.1) is 6.54 Å². The van der Waals surface area contributed by atoms with Crippen LogP contribution in [0.4, 0.5) is 0 Å². The number of halogens is 1. The normalized spacial score (nSPS) is 11.8. The van der Waals surface area contributed by atoms with Gasteiger partial charge >= 0.3 is 0 Å². The molecule has 0 bridgehead atoms. The Morgan fingerprint density at radius 3 is 2.77 bits per heavy atom. The number of hydrogen-bond donors (Lipinski definition) is 1. The lowest BCUT2D eigenvalue weighted by molar-refractivity contribution is 0.461. The van der Waals surface area contributed by atoms with Gasteiger partial charge in [-0.05, 0) is 28.9 Å². The summed E-state index contributed by atoms with van der Waals surface area (Å²) in [7, 11) is 5.94. The molecule has 0 radical (unpaired) electrons. The Morgan fingerprint density at radius 1 is 1.45 bits per heavy atom. The highest BCUT2D eigenvalue weighted by molar-refractivity contribution is 9.10. The second-order valence-electron chi connectivity index (χ2n) is 5.09. The molecule has 0 atom stereocenters. The van der Waals surface area contributed by atoms with Crippen LogP contribution in [0.3, 0.4) is 0 Å². The van der Waals surface area contributed by atoms with E-state index in [-0.39, 0.29) is 0 Å². The molecule has 0 saturated heterocycles. The third-order valence-corrected chi connectivity index (χ3v) is 3.78. The molecule has 120 valence electrons. The molecule has 0 aliphatic carbocycles. The van der Waals surface area contributed by atoms with Gasteiger partial charge in [0, 0.05) is 44.1 Å². The maximum atomic E-state index is 4.64.